The highest BCUT2D eigenvalue weighted by Crippen LogP contribution is 2.35. The fourth-order valence-corrected chi connectivity index (χ4v) is 2.34. The molecule has 0 saturated heterocycles. The van der Waals surface area contributed by atoms with E-state index in [2.05, 4.69) is 0 Å². The van der Waals surface area contributed by atoms with Gasteiger partial charge in [0.2, 0.25) is 0 Å². The Kier molecular flexibility index (Phi) is 4.81. The van der Waals surface area contributed by atoms with Crippen molar-refractivity contribution in [2.24, 2.45) is 5.73 Å². The Bertz CT molecular complexity index is 473. The van der Waals surface area contributed by atoms with Crippen LogP contribution in [-0.4, -0.2) is 12.2 Å². The molecule has 3 N–H and O–H groups in total. The third-order valence-electron chi connectivity index (χ3n) is 2.48. The molecule has 1 heterocycles. The number of methoxy groups -OCH3 is 1. The lowest BCUT2D eigenvalue weighted by atomic mass is 10.0. The number of rotatable bonds is 3. The number of ether oxygens (including phenoxy) is 1. The van der Waals surface area contributed by atoms with E-state index in [4.69, 9.17) is 10.5 Å². The molecule has 0 spiro atoms. The Morgan fingerprint density at radius 2 is 2.12 bits per heavy atom. The van der Waals surface area contributed by atoms with E-state index in [-0.39, 0.29) is 24.2 Å². The number of phenolic OH excluding ortho intramolecular Hbond substituents is 1. The van der Waals surface area contributed by atoms with Crippen molar-refractivity contribution in [2.75, 3.05) is 7.11 Å². The summed E-state index contributed by atoms with van der Waals surface area (Å²) in [6, 6.07) is 6.73. The lowest BCUT2D eigenvalue weighted by Gasteiger charge is -2.16. The van der Waals surface area contributed by atoms with Crippen molar-refractivity contribution in [2.45, 2.75) is 6.04 Å². The normalized spacial score (nSPS) is 11.6. The molecule has 92 valence electrons. The molecule has 0 fully saturated rings. The minimum absolute atomic E-state index is 0. The van der Waals surface area contributed by atoms with Crippen molar-refractivity contribution < 1.29 is 9.84 Å². The summed E-state index contributed by atoms with van der Waals surface area (Å²) in [5.74, 6) is 0.775. The van der Waals surface area contributed by atoms with Gasteiger partial charge in [0.25, 0.3) is 0 Å². The molecular formula is C12H14ClNO2S. The minimum atomic E-state index is -0.359. The summed E-state index contributed by atoms with van der Waals surface area (Å²) in [5.41, 5.74) is 7.71. The maximum absolute atomic E-state index is 9.84. The zero-order valence-electron chi connectivity index (χ0n) is 9.29. The van der Waals surface area contributed by atoms with Crippen LogP contribution in [-0.2, 0) is 0 Å². The largest absolute Gasteiger partial charge is 0.507 e. The first kappa shape index (κ1) is 13.8. The second kappa shape index (κ2) is 5.91. The zero-order valence-corrected chi connectivity index (χ0v) is 10.9. The topological polar surface area (TPSA) is 55.5 Å². The van der Waals surface area contributed by atoms with E-state index in [9.17, 15) is 5.11 Å². The van der Waals surface area contributed by atoms with Crippen molar-refractivity contribution in [3.05, 3.63) is 46.2 Å². The van der Waals surface area contributed by atoms with Crippen molar-refractivity contribution in [3.63, 3.8) is 0 Å². The number of hydrogen-bond donors (Lipinski definition) is 2. The van der Waals surface area contributed by atoms with Gasteiger partial charge in [-0.1, -0.05) is 6.07 Å². The van der Waals surface area contributed by atoms with Crippen LogP contribution in [0.4, 0.5) is 0 Å². The van der Waals surface area contributed by atoms with E-state index >= 15 is 0 Å². The van der Waals surface area contributed by atoms with Crippen LogP contribution in [0.15, 0.2) is 35.0 Å². The second-order valence-corrected chi connectivity index (χ2v) is 4.21. The molecule has 1 atom stereocenters. The van der Waals surface area contributed by atoms with Crippen LogP contribution in [0.25, 0.3) is 0 Å². The molecule has 0 amide bonds. The first-order valence-corrected chi connectivity index (χ1v) is 5.82. The number of aromatic hydroxyl groups is 1. The molecule has 0 aliphatic rings. The van der Waals surface area contributed by atoms with Gasteiger partial charge in [-0.05, 0) is 34.5 Å². The van der Waals surface area contributed by atoms with Crippen LogP contribution in [0, 0.1) is 0 Å². The number of halogens is 1. The summed E-state index contributed by atoms with van der Waals surface area (Å²) in [7, 11) is 1.57. The Balaban J connectivity index is 0.00000144. The van der Waals surface area contributed by atoms with Crippen LogP contribution >= 0.6 is 23.7 Å². The SMILES string of the molecule is COc1cccc(O)c1[C@H](N)c1ccsc1.Cl. The first-order chi connectivity index (χ1) is 7.74. The Labute approximate surface area is 110 Å². The van der Waals surface area contributed by atoms with E-state index in [1.807, 2.05) is 16.8 Å². The molecular weight excluding hydrogens is 258 g/mol. The summed E-state index contributed by atoms with van der Waals surface area (Å²) in [6.45, 7) is 0. The van der Waals surface area contributed by atoms with Gasteiger partial charge in [0, 0.05) is 0 Å². The lowest BCUT2D eigenvalue weighted by molar-refractivity contribution is 0.397. The molecule has 1 aromatic heterocycles. The number of hydrogen-bond acceptors (Lipinski definition) is 4. The molecule has 3 nitrogen and oxygen atoms in total. The molecule has 0 aliphatic heterocycles. The molecule has 0 radical (unpaired) electrons. The maximum Gasteiger partial charge on any atom is 0.127 e. The smallest absolute Gasteiger partial charge is 0.127 e. The lowest BCUT2D eigenvalue weighted by Crippen LogP contribution is -2.12. The summed E-state index contributed by atoms with van der Waals surface area (Å²) in [5, 5.41) is 13.8. The standard InChI is InChI=1S/C12H13NO2S.ClH/c1-15-10-4-2-3-9(14)11(10)12(13)8-5-6-16-7-8;/h2-7,12,14H,13H2,1H3;1H/t12-;/m1./s1. The van der Waals surface area contributed by atoms with Gasteiger partial charge >= 0.3 is 0 Å². The van der Waals surface area contributed by atoms with Crippen LogP contribution in [0.3, 0.4) is 0 Å². The summed E-state index contributed by atoms with van der Waals surface area (Å²) in [4.78, 5) is 0. The van der Waals surface area contributed by atoms with Crippen molar-refractivity contribution in [1.29, 1.82) is 0 Å². The average Bonchev–Trinajstić information content (AvgIpc) is 2.81. The average molecular weight is 272 g/mol. The summed E-state index contributed by atoms with van der Waals surface area (Å²) >= 11 is 1.58. The van der Waals surface area contributed by atoms with Crippen LogP contribution < -0.4 is 10.5 Å². The number of phenols is 1. The Morgan fingerprint density at radius 3 is 2.71 bits per heavy atom. The van der Waals surface area contributed by atoms with Crippen LogP contribution in [0.1, 0.15) is 17.2 Å². The number of nitrogens with two attached hydrogens (primary N) is 1. The van der Waals surface area contributed by atoms with Gasteiger partial charge in [-0.25, -0.2) is 0 Å². The van der Waals surface area contributed by atoms with Crippen LogP contribution in [0.5, 0.6) is 11.5 Å². The zero-order chi connectivity index (χ0) is 11.5. The third-order valence-corrected chi connectivity index (χ3v) is 3.18. The summed E-state index contributed by atoms with van der Waals surface area (Å²) < 4.78 is 5.21. The van der Waals surface area contributed by atoms with E-state index in [1.54, 1.807) is 36.6 Å². The molecule has 0 aliphatic carbocycles. The molecule has 1 aromatic carbocycles. The molecule has 0 saturated carbocycles. The maximum atomic E-state index is 9.84. The van der Waals surface area contributed by atoms with Crippen molar-refractivity contribution in [3.8, 4) is 11.5 Å². The van der Waals surface area contributed by atoms with E-state index in [0.29, 0.717) is 11.3 Å². The van der Waals surface area contributed by atoms with Gasteiger partial charge in [-0.15, -0.1) is 12.4 Å². The van der Waals surface area contributed by atoms with E-state index < -0.39 is 0 Å². The highest BCUT2D eigenvalue weighted by atomic mass is 35.5. The van der Waals surface area contributed by atoms with E-state index in [0.717, 1.165) is 5.56 Å². The van der Waals surface area contributed by atoms with Gasteiger partial charge in [0.15, 0.2) is 0 Å². The van der Waals surface area contributed by atoms with Crippen LogP contribution in [0.2, 0.25) is 0 Å². The highest BCUT2D eigenvalue weighted by Gasteiger charge is 2.18. The predicted octanol–water partition coefficient (Wildman–Crippen LogP) is 2.93. The predicted molar refractivity (Wildman–Crippen MR) is 72.3 cm³/mol. The second-order valence-electron chi connectivity index (χ2n) is 3.43. The minimum Gasteiger partial charge on any atom is -0.507 e. The molecule has 2 rings (SSSR count). The van der Waals surface area contributed by atoms with Gasteiger partial charge in [0.1, 0.15) is 11.5 Å². The van der Waals surface area contributed by atoms with Gasteiger partial charge in [-0.3, -0.25) is 0 Å². The third kappa shape index (κ3) is 2.72. The Morgan fingerprint density at radius 1 is 1.35 bits per heavy atom. The molecule has 0 bridgehead atoms. The molecule has 2 aromatic rings. The fourth-order valence-electron chi connectivity index (χ4n) is 1.64. The monoisotopic (exact) mass is 271 g/mol. The number of thiophene rings is 1. The van der Waals surface area contributed by atoms with E-state index in [1.165, 1.54) is 0 Å². The van der Waals surface area contributed by atoms with Gasteiger partial charge in [-0.2, -0.15) is 11.3 Å². The highest BCUT2D eigenvalue weighted by molar-refractivity contribution is 7.08. The van der Waals surface area contributed by atoms with Gasteiger partial charge < -0.3 is 15.6 Å². The molecule has 0 unspecified atom stereocenters. The Hall–Kier alpha value is -1.23. The first-order valence-electron chi connectivity index (χ1n) is 4.87. The fraction of sp³-hybridized carbons (Fsp3) is 0.167. The summed E-state index contributed by atoms with van der Waals surface area (Å²) in [6.07, 6.45) is 0. The number of benzene rings is 1. The molecule has 17 heavy (non-hydrogen) atoms. The van der Waals surface area contributed by atoms with Gasteiger partial charge in [0.05, 0.1) is 18.7 Å². The van der Waals surface area contributed by atoms with Crippen molar-refractivity contribution >= 4 is 23.7 Å². The molecule has 5 heteroatoms. The quantitative estimate of drug-likeness (QED) is 0.902. The van der Waals surface area contributed by atoms with Crippen molar-refractivity contribution in [1.82, 2.24) is 0 Å².